The molecule has 0 saturated heterocycles. The van der Waals surface area contributed by atoms with Gasteiger partial charge in [-0.15, -0.1) is 10.2 Å². The van der Waals surface area contributed by atoms with Crippen LogP contribution in [0, 0.1) is 0 Å². The Hall–Kier alpha value is -3.04. The summed E-state index contributed by atoms with van der Waals surface area (Å²) in [4.78, 5) is 11.1. The number of nitrogens with one attached hydrogen (secondary N) is 2. The highest BCUT2D eigenvalue weighted by Crippen LogP contribution is 2.18. The number of rotatable bonds is 6. The van der Waals surface area contributed by atoms with Gasteiger partial charge in [-0.05, 0) is 36.4 Å². The number of sulfonamides is 1. The molecule has 2 N–H and O–H groups in total. The maximum absolute atomic E-state index is 12.3. The number of hydrogen-bond donors (Lipinski definition) is 2. The average Bonchev–Trinajstić information content (AvgIpc) is 3.10. The first-order chi connectivity index (χ1) is 12.4. The second kappa shape index (κ2) is 7.46. The van der Waals surface area contributed by atoms with Crippen LogP contribution < -0.4 is 10.0 Å². The van der Waals surface area contributed by atoms with Crippen LogP contribution in [0.5, 0.6) is 0 Å². The number of anilines is 1. The molecule has 134 valence electrons. The molecule has 0 aliphatic rings. The monoisotopic (exact) mass is 372 g/mol. The molecule has 0 radical (unpaired) electrons. The normalized spacial score (nSPS) is 11.3. The zero-order valence-electron chi connectivity index (χ0n) is 13.8. The summed E-state index contributed by atoms with van der Waals surface area (Å²) in [5.41, 5.74) is 1.27. The SMILES string of the molecule is CC(=O)Nc1ccc(S(=O)(=O)NCc2nnc(-c3ccccc3)o2)cc1. The van der Waals surface area contributed by atoms with Crippen LogP contribution in [0.1, 0.15) is 12.8 Å². The quantitative estimate of drug-likeness (QED) is 0.685. The molecular formula is C17H16N4O4S. The van der Waals surface area contributed by atoms with Crippen LogP contribution in [-0.4, -0.2) is 24.5 Å². The van der Waals surface area contributed by atoms with E-state index in [1.54, 1.807) is 0 Å². The second-order valence-electron chi connectivity index (χ2n) is 5.40. The zero-order valence-corrected chi connectivity index (χ0v) is 14.7. The molecule has 1 heterocycles. The van der Waals surface area contributed by atoms with Crippen LogP contribution in [0.3, 0.4) is 0 Å². The zero-order chi connectivity index (χ0) is 18.6. The van der Waals surface area contributed by atoms with Crippen molar-refractivity contribution in [3.63, 3.8) is 0 Å². The molecule has 3 aromatic rings. The number of carbonyl (C=O) groups excluding carboxylic acids is 1. The molecule has 0 aliphatic heterocycles. The van der Waals surface area contributed by atoms with E-state index in [1.165, 1.54) is 31.2 Å². The summed E-state index contributed by atoms with van der Waals surface area (Å²) in [6, 6.07) is 15.0. The minimum Gasteiger partial charge on any atom is -0.419 e. The van der Waals surface area contributed by atoms with Gasteiger partial charge in [-0.3, -0.25) is 4.79 Å². The van der Waals surface area contributed by atoms with Gasteiger partial charge in [-0.1, -0.05) is 18.2 Å². The summed E-state index contributed by atoms with van der Waals surface area (Å²) in [6.07, 6.45) is 0. The van der Waals surface area contributed by atoms with Crippen LogP contribution in [-0.2, 0) is 21.4 Å². The predicted octanol–water partition coefficient (Wildman–Crippen LogP) is 2.17. The fourth-order valence-corrected chi connectivity index (χ4v) is 3.16. The summed E-state index contributed by atoms with van der Waals surface area (Å²) in [5.74, 6) is 0.242. The Labute approximate surface area is 150 Å². The highest BCUT2D eigenvalue weighted by Gasteiger charge is 2.16. The molecule has 3 rings (SSSR count). The summed E-state index contributed by atoms with van der Waals surface area (Å²) in [6.45, 7) is 1.25. The minimum atomic E-state index is -3.75. The molecule has 0 fully saturated rings. The van der Waals surface area contributed by atoms with Gasteiger partial charge in [0.15, 0.2) is 0 Å². The van der Waals surface area contributed by atoms with Crippen LogP contribution in [0.4, 0.5) is 5.69 Å². The Morgan fingerprint density at radius 2 is 1.73 bits per heavy atom. The van der Waals surface area contributed by atoms with Gasteiger partial charge in [0.05, 0.1) is 11.4 Å². The summed E-state index contributed by atoms with van der Waals surface area (Å²) < 4.78 is 32.5. The van der Waals surface area contributed by atoms with Crippen LogP contribution in [0.15, 0.2) is 63.9 Å². The Kier molecular flexibility index (Phi) is 5.10. The molecular weight excluding hydrogens is 356 g/mol. The Morgan fingerprint density at radius 1 is 1.04 bits per heavy atom. The third-order valence-corrected chi connectivity index (χ3v) is 4.80. The minimum absolute atomic E-state index is 0.0643. The van der Waals surface area contributed by atoms with E-state index in [9.17, 15) is 13.2 Å². The van der Waals surface area contributed by atoms with Crippen molar-refractivity contribution in [2.45, 2.75) is 18.4 Å². The van der Waals surface area contributed by atoms with Crippen molar-refractivity contribution >= 4 is 21.6 Å². The van der Waals surface area contributed by atoms with Gasteiger partial charge < -0.3 is 9.73 Å². The first kappa shape index (κ1) is 17.8. The summed E-state index contributed by atoms with van der Waals surface area (Å²) in [7, 11) is -3.75. The van der Waals surface area contributed by atoms with Crippen molar-refractivity contribution < 1.29 is 17.6 Å². The molecule has 0 aliphatic carbocycles. The van der Waals surface area contributed by atoms with Gasteiger partial charge in [0.2, 0.25) is 27.7 Å². The molecule has 0 spiro atoms. The lowest BCUT2D eigenvalue weighted by Gasteiger charge is -2.06. The first-order valence-electron chi connectivity index (χ1n) is 7.69. The number of aromatic nitrogens is 2. The molecule has 1 amide bonds. The number of benzene rings is 2. The number of amides is 1. The molecule has 26 heavy (non-hydrogen) atoms. The number of carbonyl (C=O) groups is 1. The van der Waals surface area contributed by atoms with Gasteiger partial charge in [0.1, 0.15) is 0 Å². The fraction of sp³-hybridized carbons (Fsp3) is 0.118. The van der Waals surface area contributed by atoms with E-state index in [1.807, 2.05) is 30.3 Å². The highest BCUT2D eigenvalue weighted by atomic mass is 32.2. The maximum atomic E-state index is 12.3. The van der Waals surface area contributed by atoms with Gasteiger partial charge in [-0.2, -0.15) is 0 Å². The smallest absolute Gasteiger partial charge is 0.247 e. The molecule has 1 aromatic heterocycles. The van der Waals surface area contributed by atoms with E-state index in [2.05, 4.69) is 20.2 Å². The first-order valence-corrected chi connectivity index (χ1v) is 9.17. The molecule has 0 bridgehead atoms. The van der Waals surface area contributed by atoms with Gasteiger partial charge in [0.25, 0.3) is 0 Å². The topological polar surface area (TPSA) is 114 Å². The van der Waals surface area contributed by atoms with E-state index < -0.39 is 10.0 Å². The molecule has 8 nitrogen and oxygen atoms in total. The summed E-state index contributed by atoms with van der Waals surface area (Å²) in [5, 5.41) is 10.3. The standard InChI is InChI=1S/C17H16N4O4S/c1-12(22)19-14-7-9-15(10-8-14)26(23,24)18-11-16-20-21-17(25-16)13-5-3-2-4-6-13/h2-10,18H,11H2,1H3,(H,19,22). The highest BCUT2D eigenvalue weighted by molar-refractivity contribution is 7.89. The molecule has 0 saturated carbocycles. The molecule has 0 atom stereocenters. The maximum Gasteiger partial charge on any atom is 0.247 e. The van der Waals surface area contributed by atoms with Gasteiger partial charge in [0, 0.05) is 18.2 Å². The second-order valence-corrected chi connectivity index (χ2v) is 7.16. The Morgan fingerprint density at radius 3 is 2.38 bits per heavy atom. The lowest BCUT2D eigenvalue weighted by Crippen LogP contribution is -2.23. The number of hydrogen-bond acceptors (Lipinski definition) is 6. The van der Waals surface area contributed by atoms with Crippen molar-refractivity contribution in [3.8, 4) is 11.5 Å². The van der Waals surface area contributed by atoms with E-state index in [0.29, 0.717) is 11.6 Å². The Bertz CT molecular complexity index is 999. The average molecular weight is 372 g/mol. The van der Waals surface area contributed by atoms with Crippen LogP contribution in [0.25, 0.3) is 11.5 Å². The molecule has 9 heteroatoms. The third-order valence-electron chi connectivity index (χ3n) is 3.39. The Balaban J connectivity index is 1.67. The van der Waals surface area contributed by atoms with Gasteiger partial charge in [-0.25, -0.2) is 13.1 Å². The molecule has 0 unspecified atom stereocenters. The van der Waals surface area contributed by atoms with E-state index in [0.717, 1.165) is 5.56 Å². The van der Waals surface area contributed by atoms with E-state index in [4.69, 9.17) is 4.42 Å². The van der Waals surface area contributed by atoms with Crippen molar-refractivity contribution in [1.29, 1.82) is 0 Å². The number of nitrogens with zero attached hydrogens (tertiary/aromatic N) is 2. The van der Waals surface area contributed by atoms with Crippen molar-refractivity contribution in [2.75, 3.05) is 5.32 Å². The molecule has 2 aromatic carbocycles. The van der Waals surface area contributed by atoms with E-state index >= 15 is 0 Å². The van der Waals surface area contributed by atoms with Crippen molar-refractivity contribution in [3.05, 3.63) is 60.5 Å². The van der Waals surface area contributed by atoms with Crippen molar-refractivity contribution in [1.82, 2.24) is 14.9 Å². The van der Waals surface area contributed by atoms with Crippen LogP contribution in [0.2, 0.25) is 0 Å². The van der Waals surface area contributed by atoms with Crippen LogP contribution >= 0.6 is 0 Å². The lowest BCUT2D eigenvalue weighted by atomic mass is 10.2. The van der Waals surface area contributed by atoms with E-state index in [-0.39, 0.29) is 23.2 Å². The largest absolute Gasteiger partial charge is 0.419 e. The lowest BCUT2D eigenvalue weighted by molar-refractivity contribution is -0.114. The fourth-order valence-electron chi connectivity index (χ4n) is 2.18. The predicted molar refractivity (Wildman–Crippen MR) is 94.5 cm³/mol. The van der Waals surface area contributed by atoms with Gasteiger partial charge >= 0.3 is 0 Å². The third kappa shape index (κ3) is 4.32. The van der Waals surface area contributed by atoms with Crippen molar-refractivity contribution in [2.24, 2.45) is 0 Å². The summed E-state index contributed by atoms with van der Waals surface area (Å²) >= 11 is 0.